The van der Waals surface area contributed by atoms with Gasteiger partial charge in [0.25, 0.3) is 0 Å². The number of benzene rings is 1. The van der Waals surface area contributed by atoms with E-state index in [1.807, 2.05) is 12.1 Å². The van der Waals surface area contributed by atoms with E-state index in [1.54, 1.807) is 7.11 Å². The van der Waals surface area contributed by atoms with Gasteiger partial charge in [-0.25, -0.2) is 0 Å². The highest BCUT2D eigenvalue weighted by Gasteiger charge is 2.40. The van der Waals surface area contributed by atoms with E-state index in [1.165, 1.54) is 25.7 Å². The van der Waals surface area contributed by atoms with E-state index in [0.29, 0.717) is 6.54 Å². The minimum absolute atomic E-state index is 0.0574. The van der Waals surface area contributed by atoms with Gasteiger partial charge in [-0.3, -0.25) is 0 Å². The predicted octanol–water partition coefficient (Wildman–Crippen LogP) is 3.68. The number of anilines is 1. The van der Waals surface area contributed by atoms with Crippen LogP contribution in [0, 0.1) is 11.8 Å². The van der Waals surface area contributed by atoms with Crippen LogP contribution in [0.1, 0.15) is 39.5 Å². The maximum Gasteiger partial charge on any atom is 0.142 e. The van der Waals surface area contributed by atoms with E-state index >= 15 is 0 Å². The van der Waals surface area contributed by atoms with Gasteiger partial charge in [-0.2, -0.15) is 0 Å². The number of hydrogen-bond acceptors (Lipinski definition) is 3. The Kier molecular flexibility index (Phi) is 5.15. The molecule has 118 valence electrons. The van der Waals surface area contributed by atoms with Crippen LogP contribution in [0.3, 0.4) is 0 Å². The molecule has 0 aliphatic heterocycles. The molecule has 1 aliphatic rings. The summed E-state index contributed by atoms with van der Waals surface area (Å²) in [5.74, 6) is 2.42. The minimum Gasteiger partial charge on any atom is -0.495 e. The van der Waals surface area contributed by atoms with Crippen molar-refractivity contribution in [2.45, 2.75) is 45.1 Å². The fraction of sp³-hybridized carbons (Fsp3) is 0.667. The molecule has 1 aromatic rings. The molecule has 3 nitrogen and oxygen atoms in total. The summed E-state index contributed by atoms with van der Waals surface area (Å²) in [6, 6.07) is 8.25. The van der Waals surface area contributed by atoms with Gasteiger partial charge in [0.2, 0.25) is 0 Å². The first kappa shape index (κ1) is 16.2. The lowest BCUT2D eigenvalue weighted by atomic mass is 9.71. The first-order valence-corrected chi connectivity index (χ1v) is 8.11. The van der Waals surface area contributed by atoms with Gasteiger partial charge >= 0.3 is 0 Å². The summed E-state index contributed by atoms with van der Waals surface area (Å²) in [6.07, 6.45) is 4.94. The molecule has 0 heterocycles. The average molecular weight is 290 g/mol. The van der Waals surface area contributed by atoms with Crippen molar-refractivity contribution in [3.05, 3.63) is 24.3 Å². The monoisotopic (exact) mass is 290 g/mol. The Balaban J connectivity index is 2.31. The number of para-hydroxylation sites is 2. The van der Waals surface area contributed by atoms with Crippen molar-refractivity contribution >= 4 is 5.69 Å². The van der Waals surface area contributed by atoms with E-state index in [4.69, 9.17) is 10.5 Å². The van der Waals surface area contributed by atoms with Crippen LogP contribution in [-0.2, 0) is 0 Å². The number of methoxy groups -OCH3 is 1. The summed E-state index contributed by atoms with van der Waals surface area (Å²) in [7, 11) is 3.91. The molecule has 1 fully saturated rings. The molecule has 2 unspecified atom stereocenters. The van der Waals surface area contributed by atoms with E-state index in [9.17, 15) is 0 Å². The first-order valence-electron chi connectivity index (χ1n) is 8.11. The Bertz CT molecular complexity index is 460. The molecule has 2 N–H and O–H groups in total. The summed E-state index contributed by atoms with van der Waals surface area (Å²) >= 11 is 0. The molecule has 2 atom stereocenters. The van der Waals surface area contributed by atoms with Gasteiger partial charge in [-0.15, -0.1) is 0 Å². The number of nitrogens with zero attached hydrogens (tertiary/aromatic N) is 1. The number of likely N-dealkylation sites (N-methyl/N-ethyl adjacent to an activating group) is 1. The van der Waals surface area contributed by atoms with Gasteiger partial charge in [0.1, 0.15) is 5.75 Å². The van der Waals surface area contributed by atoms with Gasteiger partial charge in [-0.05, 0) is 36.8 Å². The SMILES string of the molecule is COc1ccccc1N(C)C1(CN)CCCC(C(C)C)C1. The lowest BCUT2D eigenvalue weighted by molar-refractivity contribution is 0.182. The Hall–Kier alpha value is -1.22. The fourth-order valence-corrected chi connectivity index (χ4v) is 3.74. The van der Waals surface area contributed by atoms with Crippen LogP contribution in [-0.4, -0.2) is 26.2 Å². The van der Waals surface area contributed by atoms with E-state index in [0.717, 1.165) is 23.3 Å². The largest absolute Gasteiger partial charge is 0.495 e. The molecule has 0 amide bonds. The molecule has 0 aromatic heterocycles. The maximum absolute atomic E-state index is 6.25. The Morgan fingerprint density at radius 3 is 2.71 bits per heavy atom. The van der Waals surface area contributed by atoms with Crippen molar-refractivity contribution in [3.8, 4) is 5.75 Å². The number of hydrogen-bond donors (Lipinski definition) is 1. The topological polar surface area (TPSA) is 38.5 Å². The second-order valence-corrected chi connectivity index (χ2v) is 6.76. The summed E-state index contributed by atoms with van der Waals surface area (Å²) < 4.78 is 5.54. The smallest absolute Gasteiger partial charge is 0.142 e. The standard InChI is InChI=1S/C18H30N2O/c1-14(2)15-8-7-11-18(12-15,13-19)20(3)16-9-5-6-10-17(16)21-4/h5-6,9-10,14-15H,7-8,11-13,19H2,1-4H3. The molecule has 0 radical (unpaired) electrons. The van der Waals surface area contributed by atoms with Crippen LogP contribution >= 0.6 is 0 Å². The second kappa shape index (κ2) is 6.69. The van der Waals surface area contributed by atoms with Crippen LogP contribution < -0.4 is 15.4 Å². The van der Waals surface area contributed by atoms with Crippen LogP contribution in [0.2, 0.25) is 0 Å². The summed E-state index contributed by atoms with van der Waals surface area (Å²) in [5, 5.41) is 0. The molecule has 1 saturated carbocycles. The van der Waals surface area contributed by atoms with E-state index < -0.39 is 0 Å². The molecule has 0 spiro atoms. The van der Waals surface area contributed by atoms with Crippen LogP contribution in [0.25, 0.3) is 0 Å². The normalized spacial score (nSPS) is 25.9. The lowest BCUT2D eigenvalue weighted by Crippen LogP contribution is -2.55. The third-order valence-corrected chi connectivity index (χ3v) is 5.34. The number of nitrogens with two attached hydrogens (primary N) is 1. The van der Waals surface area contributed by atoms with Crippen LogP contribution in [0.5, 0.6) is 5.75 Å². The second-order valence-electron chi connectivity index (χ2n) is 6.76. The molecule has 0 saturated heterocycles. The van der Waals surface area contributed by atoms with Crippen molar-refractivity contribution in [1.29, 1.82) is 0 Å². The van der Waals surface area contributed by atoms with Crippen molar-refractivity contribution in [3.63, 3.8) is 0 Å². The quantitative estimate of drug-likeness (QED) is 0.899. The zero-order chi connectivity index (χ0) is 15.5. The molecule has 0 bridgehead atoms. The fourth-order valence-electron chi connectivity index (χ4n) is 3.74. The molecule has 21 heavy (non-hydrogen) atoms. The third-order valence-electron chi connectivity index (χ3n) is 5.34. The van der Waals surface area contributed by atoms with Crippen LogP contribution in [0.15, 0.2) is 24.3 Å². The highest BCUT2D eigenvalue weighted by atomic mass is 16.5. The Labute approximate surface area is 129 Å². The maximum atomic E-state index is 6.25. The summed E-state index contributed by atoms with van der Waals surface area (Å²) in [6.45, 7) is 5.37. The van der Waals surface area contributed by atoms with Gasteiger partial charge in [0.05, 0.1) is 18.3 Å². The minimum atomic E-state index is 0.0574. The molecular weight excluding hydrogens is 260 g/mol. The first-order chi connectivity index (χ1) is 10.0. The molecule has 2 rings (SSSR count). The van der Waals surface area contributed by atoms with Crippen molar-refractivity contribution in [2.24, 2.45) is 17.6 Å². The molecule has 1 aliphatic carbocycles. The zero-order valence-corrected chi connectivity index (χ0v) is 13.9. The third kappa shape index (κ3) is 3.18. The highest BCUT2D eigenvalue weighted by molar-refractivity contribution is 5.59. The highest BCUT2D eigenvalue weighted by Crippen LogP contribution is 2.42. The van der Waals surface area contributed by atoms with E-state index in [-0.39, 0.29) is 5.54 Å². The lowest BCUT2D eigenvalue weighted by Gasteiger charge is -2.49. The molecule has 3 heteroatoms. The summed E-state index contributed by atoms with van der Waals surface area (Å²) in [5.41, 5.74) is 7.45. The number of ether oxygens (including phenoxy) is 1. The van der Waals surface area contributed by atoms with Crippen LogP contribution in [0.4, 0.5) is 5.69 Å². The Morgan fingerprint density at radius 1 is 1.38 bits per heavy atom. The van der Waals surface area contributed by atoms with Gasteiger partial charge < -0.3 is 15.4 Å². The summed E-state index contributed by atoms with van der Waals surface area (Å²) in [4.78, 5) is 2.38. The van der Waals surface area contributed by atoms with Crippen molar-refractivity contribution in [2.75, 3.05) is 25.6 Å². The van der Waals surface area contributed by atoms with Crippen molar-refractivity contribution in [1.82, 2.24) is 0 Å². The number of rotatable bonds is 5. The molecular formula is C18H30N2O. The van der Waals surface area contributed by atoms with Crippen molar-refractivity contribution < 1.29 is 4.74 Å². The Morgan fingerprint density at radius 2 is 2.10 bits per heavy atom. The van der Waals surface area contributed by atoms with Gasteiger partial charge in [0.15, 0.2) is 0 Å². The van der Waals surface area contributed by atoms with E-state index in [2.05, 4.69) is 37.9 Å². The van der Waals surface area contributed by atoms with Gasteiger partial charge in [-0.1, -0.05) is 38.8 Å². The average Bonchev–Trinajstić information content (AvgIpc) is 2.54. The predicted molar refractivity (Wildman–Crippen MR) is 90.0 cm³/mol. The molecule has 1 aromatic carbocycles. The van der Waals surface area contributed by atoms with Gasteiger partial charge in [0, 0.05) is 13.6 Å². The zero-order valence-electron chi connectivity index (χ0n) is 13.9.